The minimum atomic E-state index is -0.268. The summed E-state index contributed by atoms with van der Waals surface area (Å²) in [6.45, 7) is 0.840. The van der Waals surface area contributed by atoms with Crippen LogP contribution in [0, 0.1) is 0 Å². The first-order valence-electron chi connectivity index (χ1n) is 5.76. The number of H-pyrrole nitrogens is 1. The number of nitrogens with one attached hydrogen (secondary N) is 1. The van der Waals surface area contributed by atoms with E-state index >= 15 is 0 Å². The molecular weight excluding hydrogens is 216 g/mol. The highest BCUT2D eigenvalue weighted by Crippen LogP contribution is 2.25. The van der Waals surface area contributed by atoms with E-state index in [0.29, 0.717) is 0 Å². The molecule has 1 saturated heterocycles. The molecule has 1 aliphatic heterocycles. The Morgan fingerprint density at radius 2 is 2.35 bits per heavy atom. The largest absolute Gasteiger partial charge is 0.368 e. The zero-order chi connectivity index (χ0) is 11.8. The molecule has 3 heterocycles. The fraction of sp³-hybridized carbons (Fsp3) is 0.333. The van der Waals surface area contributed by atoms with Crippen molar-refractivity contribution in [1.82, 2.24) is 9.97 Å². The molecule has 0 unspecified atom stereocenters. The molecule has 1 aliphatic rings. The van der Waals surface area contributed by atoms with Gasteiger partial charge in [0.05, 0.1) is 0 Å². The van der Waals surface area contributed by atoms with Crippen molar-refractivity contribution in [1.29, 1.82) is 0 Å². The molecule has 1 fully saturated rings. The summed E-state index contributed by atoms with van der Waals surface area (Å²) in [4.78, 5) is 20.9. The summed E-state index contributed by atoms with van der Waals surface area (Å²) in [6, 6.07) is 5.71. The van der Waals surface area contributed by atoms with Crippen molar-refractivity contribution in [3.8, 4) is 0 Å². The third-order valence-corrected chi connectivity index (χ3v) is 3.27. The number of fused-ring (bicyclic) bond motifs is 1. The standard InChI is InChI=1S/C12H14N4O/c13-11(17)9-2-1-7-16(9)10-4-3-8-5-6-14-12(8)15-10/h3-6,9H,1-2,7H2,(H2,13,17)(H,14,15)/t9-/m1/s1. The van der Waals surface area contributed by atoms with Gasteiger partial charge in [-0.25, -0.2) is 4.98 Å². The highest BCUT2D eigenvalue weighted by atomic mass is 16.1. The van der Waals surface area contributed by atoms with Crippen molar-refractivity contribution in [2.24, 2.45) is 5.73 Å². The van der Waals surface area contributed by atoms with Gasteiger partial charge in [0.2, 0.25) is 5.91 Å². The van der Waals surface area contributed by atoms with Crippen LogP contribution in [0.1, 0.15) is 12.8 Å². The topological polar surface area (TPSA) is 75.0 Å². The number of nitrogens with two attached hydrogens (primary N) is 1. The summed E-state index contributed by atoms with van der Waals surface area (Å²) < 4.78 is 0. The Hall–Kier alpha value is -2.04. The second kappa shape index (κ2) is 3.76. The Morgan fingerprint density at radius 1 is 1.47 bits per heavy atom. The van der Waals surface area contributed by atoms with Crippen molar-refractivity contribution in [2.45, 2.75) is 18.9 Å². The molecule has 0 radical (unpaired) electrons. The SMILES string of the molecule is NC(=O)[C@H]1CCCN1c1ccc2cc[nH]c2n1. The van der Waals surface area contributed by atoms with E-state index in [2.05, 4.69) is 9.97 Å². The van der Waals surface area contributed by atoms with Crippen LogP contribution >= 0.6 is 0 Å². The van der Waals surface area contributed by atoms with E-state index in [1.165, 1.54) is 0 Å². The molecule has 0 saturated carbocycles. The van der Waals surface area contributed by atoms with Crippen molar-refractivity contribution in [2.75, 3.05) is 11.4 Å². The normalized spacial score (nSPS) is 20.0. The highest BCUT2D eigenvalue weighted by Gasteiger charge is 2.29. The van der Waals surface area contributed by atoms with Crippen LogP contribution in [0.2, 0.25) is 0 Å². The van der Waals surface area contributed by atoms with Crippen LogP contribution < -0.4 is 10.6 Å². The van der Waals surface area contributed by atoms with E-state index in [1.54, 1.807) is 0 Å². The first-order valence-corrected chi connectivity index (χ1v) is 5.76. The summed E-state index contributed by atoms with van der Waals surface area (Å²) in [7, 11) is 0. The number of rotatable bonds is 2. The summed E-state index contributed by atoms with van der Waals surface area (Å²) in [5, 5.41) is 1.07. The zero-order valence-corrected chi connectivity index (χ0v) is 9.39. The van der Waals surface area contributed by atoms with Crippen LogP contribution in [0.5, 0.6) is 0 Å². The number of anilines is 1. The van der Waals surface area contributed by atoms with E-state index in [0.717, 1.165) is 36.2 Å². The van der Waals surface area contributed by atoms with E-state index in [9.17, 15) is 4.79 Å². The van der Waals surface area contributed by atoms with Crippen LogP contribution in [-0.4, -0.2) is 28.5 Å². The van der Waals surface area contributed by atoms with Gasteiger partial charge in [-0.2, -0.15) is 0 Å². The molecule has 0 spiro atoms. The van der Waals surface area contributed by atoms with E-state index in [4.69, 9.17) is 5.73 Å². The van der Waals surface area contributed by atoms with Gasteiger partial charge in [0, 0.05) is 18.1 Å². The smallest absolute Gasteiger partial charge is 0.240 e. The van der Waals surface area contributed by atoms with Crippen LogP contribution in [0.3, 0.4) is 0 Å². The van der Waals surface area contributed by atoms with Crippen LogP contribution in [-0.2, 0) is 4.79 Å². The Morgan fingerprint density at radius 3 is 3.18 bits per heavy atom. The fourth-order valence-corrected chi connectivity index (χ4v) is 2.42. The molecule has 88 valence electrons. The lowest BCUT2D eigenvalue weighted by atomic mass is 10.2. The lowest BCUT2D eigenvalue weighted by Crippen LogP contribution is -2.40. The van der Waals surface area contributed by atoms with Crippen molar-refractivity contribution in [3.05, 3.63) is 24.4 Å². The number of aromatic amines is 1. The number of hydrogen-bond acceptors (Lipinski definition) is 3. The molecule has 0 aliphatic carbocycles. The molecule has 17 heavy (non-hydrogen) atoms. The first kappa shape index (κ1) is 10.1. The average Bonchev–Trinajstić information content (AvgIpc) is 2.96. The van der Waals surface area contributed by atoms with Crippen molar-refractivity contribution in [3.63, 3.8) is 0 Å². The Labute approximate surface area is 98.6 Å². The van der Waals surface area contributed by atoms with E-state index < -0.39 is 0 Å². The summed E-state index contributed by atoms with van der Waals surface area (Å²) in [5.41, 5.74) is 6.25. The fourth-order valence-electron chi connectivity index (χ4n) is 2.42. The molecule has 2 aromatic heterocycles. The maximum atomic E-state index is 11.3. The van der Waals surface area contributed by atoms with Crippen LogP contribution in [0.4, 0.5) is 5.82 Å². The number of pyridine rings is 1. The van der Waals surface area contributed by atoms with E-state index in [-0.39, 0.29) is 11.9 Å². The van der Waals surface area contributed by atoms with Gasteiger partial charge < -0.3 is 15.6 Å². The van der Waals surface area contributed by atoms with Gasteiger partial charge in [0.15, 0.2) is 0 Å². The average molecular weight is 230 g/mol. The van der Waals surface area contributed by atoms with Gasteiger partial charge in [-0.05, 0) is 31.0 Å². The minimum Gasteiger partial charge on any atom is -0.368 e. The maximum absolute atomic E-state index is 11.3. The minimum absolute atomic E-state index is 0.213. The third kappa shape index (κ3) is 1.63. The van der Waals surface area contributed by atoms with Gasteiger partial charge in [-0.1, -0.05) is 0 Å². The number of aromatic nitrogens is 2. The highest BCUT2D eigenvalue weighted by molar-refractivity contribution is 5.85. The van der Waals surface area contributed by atoms with Gasteiger partial charge in [-0.15, -0.1) is 0 Å². The summed E-state index contributed by atoms with van der Waals surface area (Å²) >= 11 is 0. The van der Waals surface area contributed by atoms with E-state index in [1.807, 2.05) is 29.3 Å². The number of primary amides is 1. The van der Waals surface area contributed by atoms with Crippen molar-refractivity contribution < 1.29 is 4.79 Å². The molecule has 0 bridgehead atoms. The number of amides is 1. The molecule has 1 amide bonds. The molecule has 3 rings (SSSR count). The molecule has 5 nitrogen and oxygen atoms in total. The van der Waals surface area contributed by atoms with Crippen LogP contribution in [0.15, 0.2) is 24.4 Å². The first-order chi connectivity index (χ1) is 8.25. The molecule has 1 atom stereocenters. The number of hydrogen-bond donors (Lipinski definition) is 2. The molecular formula is C12H14N4O. The lowest BCUT2D eigenvalue weighted by molar-refractivity contribution is -0.119. The Kier molecular flexibility index (Phi) is 2.24. The monoisotopic (exact) mass is 230 g/mol. The van der Waals surface area contributed by atoms with Gasteiger partial charge in [0.25, 0.3) is 0 Å². The van der Waals surface area contributed by atoms with Gasteiger partial charge in [0.1, 0.15) is 17.5 Å². The summed E-state index contributed by atoms with van der Waals surface area (Å²) in [6.07, 6.45) is 3.66. The van der Waals surface area contributed by atoms with Gasteiger partial charge >= 0.3 is 0 Å². The second-order valence-corrected chi connectivity index (χ2v) is 4.34. The number of carbonyl (C=O) groups excluding carboxylic acids is 1. The summed E-state index contributed by atoms with van der Waals surface area (Å²) in [5.74, 6) is 0.553. The number of nitrogens with zero attached hydrogens (tertiary/aromatic N) is 2. The second-order valence-electron chi connectivity index (χ2n) is 4.34. The number of carbonyl (C=O) groups is 1. The lowest BCUT2D eigenvalue weighted by Gasteiger charge is -2.23. The van der Waals surface area contributed by atoms with Crippen molar-refractivity contribution >= 4 is 22.8 Å². The molecule has 2 aromatic rings. The predicted molar refractivity (Wildman–Crippen MR) is 65.7 cm³/mol. The van der Waals surface area contributed by atoms with Gasteiger partial charge in [-0.3, -0.25) is 4.79 Å². The molecule has 3 N–H and O–H groups in total. The Balaban J connectivity index is 1.99. The molecule has 5 heteroatoms. The maximum Gasteiger partial charge on any atom is 0.240 e. The van der Waals surface area contributed by atoms with Crippen LogP contribution in [0.25, 0.3) is 11.0 Å². The zero-order valence-electron chi connectivity index (χ0n) is 9.39. The Bertz CT molecular complexity index is 562. The molecule has 0 aromatic carbocycles. The third-order valence-electron chi connectivity index (χ3n) is 3.27. The predicted octanol–water partition coefficient (Wildman–Crippen LogP) is 1.02. The quantitative estimate of drug-likeness (QED) is 0.808.